The second-order valence-corrected chi connectivity index (χ2v) is 9.11. The maximum absolute atomic E-state index is 13.0. The number of hydrogen-bond donors (Lipinski definition) is 0. The normalized spacial score (nSPS) is 14.6. The van der Waals surface area contributed by atoms with Crippen molar-refractivity contribution in [3.63, 3.8) is 0 Å². The summed E-state index contributed by atoms with van der Waals surface area (Å²) in [6.45, 7) is 10.8. The average Bonchev–Trinajstić information content (AvgIpc) is 3.25. The molecule has 0 spiro atoms. The number of ether oxygens (including phenoxy) is 1. The number of aromatic nitrogens is 1. The predicted molar refractivity (Wildman–Crippen MR) is 125 cm³/mol. The van der Waals surface area contributed by atoms with E-state index in [0.717, 1.165) is 54.6 Å². The fourth-order valence-corrected chi connectivity index (χ4v) is 4.72. The van der Waals surface area contributed by atoms with Crippen LogP contribution in [0.15, 0.2) is 48.0 Å². The third kappa shape index (κ3) is 5.32. The molecule has 0 aliphatic carbocycles. The first-order chi connectivity index (χ1) is 15.0. The molecule has 162 valence electrons. The lowest BCUT2D eigenvalue weighted by Crippen LogP contribution is -2.48. The van der Waals surface area contributed by atoms with Gasteiger partial charge in [0, 0.05) is 44.5 Å². The van der Waals surface area contributed by atoms with E-state index in [4.69, 9.17) is 4.74 Å². The van der Waals surface area contributed by atoms with E-state index in [9.17, 15) is 4.79 Å². The van der Waals surface area contributed by atoms with Crippen molar-refractivity contribution in [2.45, 2.75) is 33.9 Å². The van der Waals surface area contributed by atoms with Crippen LogP contribution in [0.4, 0.5) is 0 Å². The molecule has 0 radical (unpaired) electrons. The molecular formula is C25H29N3O2S. The summed E-state index contributed by atoms with van der Waals surface area (Å²) < 4.78 is 6.06. The third-order valence-electron chi connectivity index (χ3n) is 5.79. The monoisotopic (exact) mass is 435 g/mol. The minimum atomic E-state index is 0.122. The summed E-state index contributed by atoms with van der Waals surface area (Å²) in [5, 5.41) is 2.03. The zero-order valence-electron chi connectivity index (χ0n) is 18.4. The minimum Gasteiger partial charge on any atom is -0.489 e. The lowest BCUT2D eigenvalue weighted by molar-refractivity contribution is 0.0631. The highest BCUT2D eigenvalue weighted by Gasteiger charge is 2.23. The Balaban J connectivity index is 1.30. The molecule has 1 saturated heterocycles. The van der Waals surface area contributed by atoms with Gasteiger partial charge in [0.05, 0.1) is 10.6 Å². The molecule has 0 unspecified atom stereocenters. The SMILES string of the molecule is Cc1cc(C)c(C)c(OCc2csc(C(=O)N3CCN(Cc4ccccn4)CC3)c2)c1. The fraction of sp³-hybridized carbons (Fsp3) is 0.360. The molecular weight excluding hydrogens is 406 g/mol. The first-order valence-corrected chi connectivity index (χ1v) is 11.6. The van der Waals surface area contributed by atoms with Gasteiger partial charge in [0.2, 0.25) is 0 Å². The van der Waals surface area contributed by atoms with Crippen LogP contribution in [-0.4, -0.2) is 46.9 Å². The van der Waals surface area contributed by atoms with Crippen molar-refractivity contribution in [2.75, 3.05) is 26.2 Å². The van der Waals surface area contributed by atoms with Crippen molar-refractivity contribution >= 4 is 17.2 Å². The fourth-order valence-electron chi connectivity index (χ4n) is 3.86. The Labute approximate surface area is 188 Å². The van der Waals surface area contributed by atoms with E-state index >= 15 is 0 Å². The zero-order valence-corrected chi connectivity index (χ0v) is 19.2. The van der Waals surface area contributed by atoms with Crippen molar-refractivity contribution in [3.05, 3.63) is 80.8 Å². The van der Waals surface area contributed by atoms with Gasteiger partial charge in [0.1, 0.15) is 12.4 Å². The quantitative estimate of drug-likeness (QED) is 0.567. The molecule has 1 aromatic carbocycles. The van der Waals surface area contributed by atoms with Gasteiger partial charge in [0.25, 0.3) is 5.91 Å². The average molecular weight is 436 g/mol. The number of carbonyl (C=O) groups excluding carboxylic acids is 1. The number of benzene rings is 1. The number of carbonyl (C=O) groups is 1. The van der Waals surface area contributed by atoms with E-state index in [-0.39, 0.29) is 5.91 Å². The molecule has 0 bridgehead atoms. The third-order valence-corrected chi connectivity index (χ3v) is 6.76. The number of nitrogens with zero attached hydrogens (tertiary/aromatic N) is 3. The van der Waals surface area contributed by atoms with Gasteiger partial charge in [-0.3, -0.25) is 14.7 Å². The summed E-state index contributed by atoms with van der Waals surface area (Å²) in [7, 11) is 0. The van der Waals surface area contributed by atoms with Crippen LogP contribution in [0.1, 0.15) is 37.6 Å². The number of amides is 1. The number of thiophene rings is 1. The largest absolute Gasteiger partial charge is 0.489 e. The Bertz CT molecular complexity index is 1040. The maximum atomic E-state index is 13.0. The zero-order chi connectivity index (χ0) is 21.8. The number of hydrogen-bond acceptors (Lipinski definition) is 5. The van der Waals surface area contributed by atoms with Crippen LogP contribution in [-0.2, 0) is 13.2 Å². The van der Waals surface area contributed by atoms with Gasteiger partial charge in [0.15, 0.2) is 0 Å². The molecule has 0 atom stereocenters. The van der Waals surface area contributed by atoms with E-state index < -0.39 is 0 Å². The smallest absolute Gasteiger partial charge is 0.264 e. The molecule has 5 nitrogen and oxygen atoms in total. The Morgan fingerprint density at radius 3 is 2.65 bits per heavy atom. The van der Waals surface area contributed by atoms with Crippen LogP contribution in [0.5, 0.6) is 5.75 Å². The molecule has 1 aliphatic heterocycles. The summed E-state index contributed by atoms with van der Waals surface area (Å²) in [4.78, 5) is 22.5. The summed E-state index contributed by atoms with van der Waals surface area (Å²) in [5.74, 6) is 1.04. The molecule has 1 fully saturated rings. The van der Waals surface area contributed by atoms with Crippen LogP contribution in [0, 0.1) is 20.8 Å². The van der Waals surface area contributed by atoms with E-state index in [2.05, 4.69) is 42.8 Å². The van der Waals surface area contributed by atoms with Crippen LogP contribution in [0.2, 0.25) is 0 Å². The number of aryl methyl sites for hydroxylation is 2. The highest BCUT2D eigenvalue weighted by Crippen LogP contribution is 2.25. The van der Waals surface area contributed by atoms with Gasteiger partial charge in [-0.05, 0) is 67.1 Å². The molecule has 6 heteroatoms. The molecule has 3 heterocycles. The molecule has 1 aliphatic rings. The van der Waals surface area contributed by atoms with Crippen LogP contribution in [0.3, 0.4) is 0 Å². The van der Waals surface area contributed by atoms with Crippen molar-refractivity contribution in [1.29, 1.82) is 0 Å². The van der Waals surface area contributed by atoms with Gasteiger partial charge in [-0.15, -0.1) is 11.3 Å². The molecule has 31 heavy (non-hydrogen) atoms. The van der Waals surface area contributed by atoms with E-state index in [1.54, 1.807) is 0 Å². The Kier molecular flexibility index (Phi) is 6.68. The first-order valence-electron chi connectivity index (χ1n) is 10.7. The Hall–Kier alpha value is -2.70. The van der Waals surface area contributed by atoms with Crippen LogP contribution in [0.25, 0.3) is 0 Å². The maximum Gasteiger partial charge on any atom is 0.264 e. The van der Waals surface area contributed by atoms with Crippen molar-refractivity contribution in [1.82, 2.24) is 14.8 Å². The summed E-state index contributed by atoms with van der Waals surface area (Å²) in [5.41, 5.74) is 5.71. The standard InChI is InChI=1S/C25H29N3O2S/c1-18-12-19(2)20(3)23(13-18)30-16-21-14-24(31-17-21)25(29)28-10-8-27(9-11-28)15-22-6-4-5-7-26-22/h4-7,12-14,17H,8-11,15-16H2,1-3H3. The van der Waals surface area contributed by atoms with E-state index in [1.165, 1.54) is 28.0 Å². The second-order valence-electron chi connectivity index (χ2n) is 8.20. The summed E-state index contributed by atoms with van der Waals surface area (Å²) in [6, 6.07) is 12.2. The molecule has 4 rings (SSSR count). The second kappa shape index (κ2) is 9.62. The Morgan fingerprint density at radius 2 is 1.90 bits per heavy atom. The Morgan fingerprint density at radius 1 is 1.10 bits per heavy atom. The van der Waals surface area contributed by atoms with Gasteiger partial charge < -0.3 is 9.64 Å². The topological polar surface area (TPSA) is 45.7 Å². The minimum absolute atomic E-state index is 0.122. The van der Waals surface area contributed by atoms with Gasteiger partial charge >= 0.3 is 0 Å². The van der Waals surface area contributed by atoms with Gasteiger partial charge in [-0.2, -0.15) is 0 Å². The van der Waals surface area contributed by atoms with Crippen molar-refractivity contribution in [2.24, 2.45) is 0 Å². The summed E-state index contributed by atoms with van der Waals surface area (Å²) in [6.07, 6.45) is 1.83. The van der Waals surface area contributed by atoms with Crippen molar-refractivity contribution < 1.29 is 9.53 Å². The first kappa shape index (κ1) is 21.5. The van der Waals surface area contributed by atoms with E-state index in [1.807, 2.05) is 40.7 Å². The molecule has 0 N–H and O–H groups in total. The number of piperazine rings is 1. The van der Waals surface area contributed by atoms with E-state index in [0.29, 0.717) is 6.61 Å². The highest BCUT2D eigenvalue weighted by molar-refractivity contribution is 7.12. The molecule has 1 amide bonds. The number of rotatable bonds is 6. The molecule has 0 saturated carbocycles. The van der Waals surface area contributed by atoms with Gasteiger partial charge in [-0.25, -0.2) is 0 Å². The van der Waals surface area contributed by atoms with Gasteiger partial charge in [-0.1, -0.05) is 12.1 Å². The lowest BCUT2D eigenvalue weighted by Gasteiger charge is -2.34. The molecule has 2 aromatic heterocycles. The molecule has 3 aromatic rings. The number of pyridine rings is 1. The highest BCUT2D eigenvalue weighted by atomic mass is 32.1. The predicted octanol–water partition coefficient (Wildman–Crippen LogP) is 4.61. The van der Waals surface area contributed by atoms with Crippen LogP contribution >= 0.6 is 11.3 Å². The van der Waals surface area contributed by atoms with Crippen LogP contribution < -0.4 is 4.74 Å². The summed E-state index contributed by atoms with van der Waals surface area (Å²) >= 11 is 1.51. The van der Waals surface area contributed by atoms with Crippen molar-refractivity contribution in [3.8, 4) is 5.75 Å². The lowest BCUT2D eigenvalue weighted by atomic mass is 10.1.